The summed E-state index contributed by atoms with van der Waals surface area (Å²) >= 11 is 0. The van der Waals surface area contributed by atoms with Crippen LogP contribution in [0.25, 0.3) is 0 Å². The van der Waals surface area contributed by atoms with Gasteiger partial charge in [-0.3, -0.25) is 10.1 Å². The van der Waals surface area contributed by atoms with Gasteiger partial charge in [0.2, 0.25) is 5.82 Å². The zero-order chi connectivity index (χ0) is 15.7. The summed E-state index contributed by atoms with van der Waals surface area (Å²) in [6.45, 7) is 6.49. The third-order valence-electron chi connectivity index (χ3n) is 3.50. The molecule has 2 rings (SSSR count). The quantitative estimate of drug-likeness (QED) is 0.616. The van der Waals surface area contributed by atoms with Crippen molar-refractivity contribution in [3.63, 3.8) is 0 Å². The van der Waals surface area contributed by atoms with Gasteiger partial charge in [0.15, 0.2) is 0 Å². The van der Waals surface area contributed by atoms with Gasteiger partial charge in [-0.2, -0.15) is 5.10 Å². The van der Waals surface area contributed by atoms with Crippen LogP contribution in [-0.2, 0) is 4.79 Å². The van der Waals surface area contributed by atoms with Crippen molar-refractivity contribution in [2.75, 3.05) is 24.5 Å². The van der Waals surface area contributed by atoms with Crippen LogP contribution in [-0.4, -0.2) is 51.5 Å². The second kappa shape index (κ2) is 5.68. The van der Waals surface area contributed by atoms with Gasteiger partial charge in [-0.05, 0) is 20.8 Å². The number of aryl methyl sites for hydroxylation is 1. The molecule has 2 heterocycles. The van der Waals surface area contributed by atoms with Crippen LogP contribution in [0.2, 0.25) is 0 Å². The average Bonchev–Trinajstić information content (AvgIpc) is 2.76. The van der Waals surface area contributed by atoms with E-state index >= 15 is 0 Å². The van der Waals surface area contributed by atoms with E-state index in [9.17, 15) is 20.0 Å². The molecule has 9 nitrogen and oxygen atoms in total. The molecule has 0 amide bonds. The van der Waals surface area contributed by atoms with Crippen molar-refractivity contribution in [2.45, 2.75) is 32.9 Å². The highest BCUT2D eigenvalue weighted by atomic mass is 16.6. The number of rotatable bonds is 4. The maximum atomic E-state index is 11.4. The van der Waals surface area contributed by atoms with Crippen molar-refractivity contribution < 1.29 is 14.8 Å². The molecule has 21 heavy (non-hydrogen) atoms. The number of hydrogen-bond acceptors (Lipinski definition) is 6. The first kappa shape index (κ1) is 15.2. The first-order valence-corrected chi connectivity index (χ1v) is 6.78. The highest BCUT2D eigenvalue weighted by Crippen LogP contribution is 2.35. The number of carboxylic acid groups (broad SMARTS) is 1. The van der Waals surface area contributed by atoms with E-state index in [-0.39, 0.29) is 24.1 Å². The second-order valence-corrected chi connectivity index (χ2v) is 5.30. The molecule has 1 fully saturated rings. The van der Waals surface area contributed by atoms with Gasteiger partial charge >= 0.3 is 11.7 Å². The van der Waals surface area contributed by atoms with Gasteiger partial charge in [-0.15, -0.1) is 0 Å². The van der Waals surface area contributed by atoms with E-state index in [4.69, 9.17) is 0 Å². The Bertz CT molecular complexity index is 568. The third kappa shape index (κ3) is 2.68. The summed E-state index contributed by atoms with van der Waals surface area (Å²) in [5.74, 6) is -0.730. The van der Waals surface area contributed by atoms with E-state index in [0.717, 1.165) is 0 Å². The molecule has 1 unspecified atom stereocenters. The van der Waals surface area contributed by atoms with Gasteiger partial charge in [0, 0.05) is 25.7 Å². The van der Waals surface area contributed by atoms with Crippen LogP contribution in [0.1, 0.15) is 25.6 Å². The minimum atomic E-state index is -1.01. The van der Waals surface area contributed by atoms with Crippen molar-refractivity contribution in [2.24, 2.45) is 0 Å². The number of anilines is 1. The summed E-state index contributed by atoms with van der Waals surface area (Å²) in [5, 5.41) is 27.9. The molecule has 2 N–H and O–H groups in total. The lowest BCUT2D eigenvalue weighted by Gasteiger charge is -2.35. The predicted octanol–water partition coefficient (Wildman–Crippen LogP) is 0.543. The van der Waals surface area contributed by atoms with E-state index in [2.05, 4.69) is 10.4 Å². The van der Waals surface area contributed by atoms with Crippen LogP contribution >= 0.6 is 0 Å². The number of aliphatic carboxylic acids is 1. The van der Waals surface area contributed by atoms with Crippen LogP contribution in [0.4, 0.5) is 11.5 Å². The number of piperazine rings is 1. The third-order valence-corrected chi connectivity index (χ3v) is 3.50. The zero-order valence-corrected chi connectivity index (χ0v) is 12.2. The normalized spacial score (nSPS) is 19.0. The molecule has 116 valence electrons. The SMILES string of the molecule is Cc1nn(C(C)C)c(N2CCNCC2C(=O)O)c1[N+](=O)[O-]. The fourth-order valence-electron chi connectivity index (χ4n) is 2.55. The Balaban J connectivity index is 2.59. The molecule has 0 aliphatic carbocycles. The molecule has 1 aliphatic rings. The van der Waals surface area contributed by atoms with Crippen molar-refractivity contribution in [3.8, 4) is 0 Å². The Morgan fingerprint density at radius 2 is 2.24 bits per heavy atom. The summed E-state index contributed by atoms with van der Waals surface area (Å²) in [5.41, 5.74) is 0.184. The Morgan fingerprint density at radius 3 is 2.76 bits per heavy atom. The maximum absolute atomic E-state index is 11.4. The summed E-state index contributed by atoms with van der Waals surface area (Å²) in [4.78, 5) is 23.9. The Hall–Kier alpha value is -2.16. The molecule has 1 saturated heterocycles. The number of nitro groups is 1. The van der Waals surface area contributed by atoms with Crippen molar-refractivity contribution in [1.82, 2.24) is 15.1 Å². The largest absolute Gasteiger partial charge is 0.480 e. The van der Waals surface area contributed by atoms with Crippen molar-refractivity contribution in [3.05, 3.63) is 15.8 Å². The zero-order valence-electron chi connectivity index (χ0n) is 12.2. The van der Waals surface area contributed by atoms with Gasteiger partial charge in [0.25, 0.3) is 0 Å². The summed E-state index contributed by atoms with van der Waals surface area (Å²) in [6, 6.07) is -0.942. The van der Waals surface area contributed by atoms with Crippen molar-refractivity contribution in [1.29, 1.82) is 0 Å². The van der Waals surface area contributed by atoms with E-state index < -0.39 is 16.9 Å². The lowest BCUT2D eigenvalue weighted by atomic mass is 10.2. The van der Waals surface area contributed by atoms with Gasteiger partial charge in [-0.25, -0.2) is 9.48 Å². The smallest absolute Gasteiger partial charge is 0.333 e. The van der Waals surface area contributed by atoms with Gasteiger partial charge in [0.1, 0.15) is 11.7 Å². The molecule has 0 spiro atoms. The Morgan fingerprint density at radius 1 is 1.57 bits per heavy atom. The lowest BCUT2D eigenvalue weighted by molar-refractivity contribution is -0.384. The van der Waals surface area contributed by atoms with Crippen LogP contribution in [0.3, 0.4) is 0 Å². The molecule has 0 aromatic carbocycles. The maximum Gasteiger partial charge on any atom is 0.333 e. The number of nitrogens with zero attached hydrogens (tertiary/aromatic N) is 4. The number of nitrogens with one attached hydrogen (secondary N) is 1. The molecule has 0 saturated carbocycles. The van der Waals surface area contributed by atoms with Crippen LogP contribution < -0.4 is 10.2 Å². The highest BCUT2D eigenvalue weighted by molar-refractivity contribution is 5.80. The van der Waals surface area contributed by atoms with Crippen LogP contribution in [0.15, 0.2) is 0 Å². The number of carbonyl (C=O) groups is 1. The molecule has 0 radical (unpaired) electrons. The molecule has 1 aromatic rings. The number of aromatic nitrogens is 2. The van der Waals surface area contributed by atoms with E-state index in [1.54, 1.807) is 11.8 Å². The second-order valence-electron chi connectivity index (χ2n) is 5.30. The first-order valence-electron chi connectivity index (χ1n) is 6.78. The molecule has 1 aromatic heterocycles. The average molecular weight is 297 g/mol. The molecular weight excluding hydrogens is 278 g/mol. The Kier molecular flexibility index (Phi) is 4.12. The first-order chi connectivity index (χ1) is 9.84. The molecular formula is C12H19N5O4. The monoisotopic (exact) mass is 297 g/mol. The standard InChI is InChI=1S/C12H19N5O4/c1-7(2)16-11(10(17(20)21)8(3)14-16)15-5-4-13-6-9(15)12(18)19/h7,9,13H,4-6H2,1-3H3,(H,18,19). The Labute approximate surface area is 121 Å². The van der Waals surface area contributed by atoms with Crippen LogP contribution in [0, 0.1) is 17.0 Å². The summed E-state index contributed by atoms with van der Waals surface area (Å²) in [6.07, 6.45) is 0. The lowest BCUT2D eigenvalue weighted by Crippen LogP contribution is -2.55. The van der Waals surface area contributed by atoms with E-state index in [1.165, 1.54) is 4.68 Å². The van der Waals surface area contributed by atoms with Crippen LogP contribution in [0.5, 0.6) is 0 Å². The fraction of sp³-hybridized carbons (Fsp3) is 0.667. The molecule has 1 aliphatic heterocycles. The topological polar surface area (TPSA) is 114 Å². The van der Waals surface area contributed by atoms with E-state index in [0.29, 0.717) is 18.8 Å². The minimum absolute atomic E-state index is 0.100. The van der Waals surface area contributed by atoms with Gasteiger partial charge < -0.3 is 15.3 Å². The number of carboxylic acids is 1. The minimum Gasteiger partial charge on any atom is -0.480 e. The fourth-order valence-corrected chi connectivity index (χ4v) is 2.55. The van der Waals surface area contributed by atoms with Crippen molar-refractivity contribution >= 4 is 17.5 Å². The summed E-state index contributed by atoms with van der Waals surface area (Å²) < 4.78 is 1.54. The predicted molar refractivity (Wildman–Crippen MR) is 75.6 cm³/mol. The number of hydrogen-bond donors (Lipinski definition) is 2. The molecule has 1 atom stereocenters. The van der Waals surface area contributed by atoms with Gasteiger partial charge in [0.05, 0.1) is 4.92 Å². The van der Waals surface area contributed by atoms with E-state index in [1.807, 2.05) is 13.8 Å². The molecule has 9 heteroatoms. The van der Waals surface area contributed by atoms with Gasteiger partial charge in [-0.1, -0.05) is 0 Å². The summed E-state index contributed by atoms with van der Waals surface area (Å²) in [7, 11) is 0. The highest BCUT2D eigenvalue weighted by Gasteiger charge is 2.37. The molecule has 0 bridgehead atoms.